The molecule has 0 saturated carbocycles. The summed E-state index contributed by atoms with van der Waals surface area (Å²) in [5.74, 6) is -7.82. The van der Waals surface area contributed by atoms with Crippen LogP contribution in [0.5, 0.6) is 5.75 Å². The Balaban J connectivity index is 0.920. The molecular formula is C95H131ClF3N16O22+. The number of esters is 1. The highest BCUT2D eigenvalue weighted by molar-refractivity contribution is 6.31. The summed E-state index contributed by atoms with van der Waals surface area (Å²) in [6.07, 6.45) is -7.59. The minimum atomic E-state index is -5.40. The Kier molecular flexibility index (Phi) is 45.0. The number of hydrogen-bond acceptors (Lipinski definition) is 23. The van der Waals surface area contributed by atoms with E-state index in [-0.39, 0.29) is 258 Å². The number of carboxylic acids is 1. The molecule has 11 amide bonds. The summed E-state index contributed by atoms with van der Waals surface area (Å²) in [6, 6.07) is 24.6. The van der Waals surface area contributed by atoms with E-state index >= 15 is 9.59 Å². The maximum Gasteiger partial charge on any atom is 0.491 e. The lowest BCUT2D eigenvalue weighted by Gasteiger charge is -2.41. The van der Waals surface area contributed by atoms with Gasteiger partial charge in [-0.25, -0.2) is 14.4 Å². The predicted octanol–water partition coefficient (Wildman–Crippen LogP) is 8.36. The van der Waals surface area contributed by atoms with Gasteiger partial charge in [-0.1, -0.05) is 55.8 Å². The second-order valence-electron chi connectivity index (χ2n) is 34.7. The standard InChI is InChI=1S/C95H130ClF3N16O22/c1-61(2)86(109-82(119)31-42-133-49-51-135-50-48-132-41-30-81(118)104-36-39-112(83(120)32-43-130-45-37-106-93(129)137-94(5,6)7)38-35-103-80(117)29-40-131-46-47-134-44-33-85(121)122)88(124)108-77(18-15-34-105-92(101)128)87(123)107-69-21-19-66(67(52-69)58-102-8)60-115(11,12)84(136-91(127)95(97,98)99)28-24-71-53-64-16-13-14-17-65(64)59-113(71)89(125)74-27-20-68(96)54-76(74)79-56-75(62(3)111(79)10)90(126)114(70-22-25-73(116)26-23-70)78-55-72(57-100)110(9)63(78)4/h13-14,16-17,19-23,25-27,52,54-56,61,71,77,84,86,102H,15,18,24,28-51,53,58-60H2,1-12H3,(H10-,101,103,104,105,106,107,108,109,116,117,118,119,121,122,123,124,128,129)/p+1/t71-,77+,84?,86+/m1/s1. The van der Waals surface area contributed by atoms with E-state index in [1.807, 2.05) is 24.3 Å². The van der Waals surface area contributed by atoms with E-state index in [4.69, 9.17) is 60.3 Å². The molecule has 6 aromatic rings. The molecule has 0 saturated heterocycles. The number of carbonyl (C=O) groups excluding carboxylic acids is 11. The number of anilines is 3. The Morgan fingerprint density at radius 3 is 1.82 bits per heavy atom. The molecule has 137 heavy (non-hydrogen) atoms. The van der Waals surface area contributed by atoms with E-state index in [1.165, 1.54) is 21.9 Å². The van der Waals surface area contributed by atoms with Gasteiger partial charge in [0.2, 0.25) is 41.7 Å². The van der Waals surface area contributed by atoms with Crippen LogP contribution in [0.1, 0.15) is 152 Å². The van der Waals surface area contributed by atoms with Crippen molar-refractivity contribution in [3.05, 3.63) is 153 Å². The maximum atomic E-state index is 15.7. The van der Waals surface area contributed by atoms with Crippen molar-refractivity contribution in [3.8, 4) is 23.1 Å². The van der Waals surface area contributed by atoms with Crippen LogP contribution in [-0.2, 0) is 116 Å². The number of rotatable bonds is 57. The number of quaternary nitrogens is 1. The second kappa shape index (κ2) is 55.2. The molecule has 42 heteroatoms. The first kappa shape index (κ1) is 112. The zero-order valence-corrected chi connectivity index (χ0v) is 80.6. The van der Waals surface area contributed by atoms with E-state index < -0.39 is 95.6 Å². The Hall–Kier alpha value is -12.3. The molecule has 38 nitrogen and oxygen atoms in total. The van der Waals surface area contributed by atoms with Gasteiger partial charge in [-0.15, -0.1) is 0 Å². The first-order valence-electron chi connectivity index (χ1n) is 45.3. The van der Waals surface area contributed by atoms with E-state index in [1.54, 1.807) is 158 Å². The SMILES string of the molecule is CNCc1cc(NC(=O)[C@H](CCCNC(N)=O)NC(=O)[C@@H](NC(=O)CCOCCOCCOCCC(=O)NCCN(CCNC(=O)CCOCCOCCC(=O)O)C(=O)CCOCCNC(=O)OC(C)(C)C)C(C)C)ccc1C[N+](C)(C)C(CC[C@@H]1Cc2ccccc2CN1C(=O)c1ccc(Cl)cc1-c1cc(C(=O)N(c2ccc(O)cc2)c2cc(C#N)n(C)c2C)c(C)n1C)OC(=O)C(F)(F)F. The quantitative estimate of drug-likeness (QED) is 0.00739. The first-order valence-corrected chi connectivity index (χ1v) is 45.7. The van der Waals surface area contributed by atoms with Gasteiger partial charge in [0.15, 0.2) is 0 Å². The number of nitrogens with zero attached hydrogens (tertiary/aromatic N) is 7. The lowest BCUT2D eigenvalue weighted by Crippen LogP contribution is -2.54. The third kappa shape index (κ3) is 36.6. The predicted molar refractivity (Wildman–Crippen MR) is 501 cm³/mol. The van der Waals surface area contributed by atoms with E-state index in [0.29, 0.717) is 45.1 Å². The van der Waals surface area contributed by atoms with Crippen molar-refractivity contribution in [2.75, 3.05) is 150 Å². The summed E-state index contributed by atoms with van der Waals surface area (Å²) in [4.78, 5) is 164. The Bertz CT molecular complexity index is 5110. The van der Waals surface area contributed by atoms with Crippen LogP contribution in [0.2, 0.25) is 5.02 Å². The second-order valence-corrected chi connectivity index (χ2v) is 35.1. The Morgan fingerprint density at radius 2 is 1.24 bits per heavy atom. The number of carbonyl (C=O) groups is 12. The van der Waals surface area contributed by atoms with E-state index in [0.717, 1.165) is 11.1 Å². The monoisotopic (exact) mass is 1940 g/mol. The number of halogens is 4. The van der Waals surface area contributed by atoms with Crippen LogP contribution in [-0.4, -0.2) is 281 Å². The van der Waals surface area contributed by atoms with Crippen molar-refractivity contribution in [3.63, 3.8) is 0 Å². The van der Waals surface area contributed by atoms with Crippen LogP contribution in [0.3, 0.4) is 0 Å². The average Bonchev–Trinajstić information content (AvgIpc) is 1.61. The van der Waals surface area contributed by atoms with Crippen molar-refractivity contribution in [2.24, 2.45) is 25.7 Å². The highest BCUT2D eigenvalue weighted by Crippen LogP contribution is 2.39. The Labute approximate surface area is 800 Å². The molecule has 1 aliphatic heterocycles. The fourth-order valence-corrected chi connectivity index (χ4v) is 15.2. The van der Waals surface area contributed by atoms with Gasteiger partial charge in [-0.2, -0.15) is 18.4 Å². The number of phenols is 1. The summed E-state index contributed by atoms with van der Waals surface area (Å²) in [5, 5.41) is 51.3. The third-order valence-corrected chi connectivity index (χ3v) is 22.7. The number of phenolic OH excluding ortho intramolecular Hbond substituents is 1. The van der Waals surface area contributed by atoms with Gasteiger partial charge in [0.1, 0.15) is 41.7 Å². The smallest absolute Gasteiger partial charge is 0.491 e. The number of alkyl carbamates (subject to hydrolysis) is 1. The van der Waals surface area contributed by atoms with Gasteiger partial charge in [0.25, 0.3) is 11.8 Å². The molecule has 1 unspecified atom stereocenters. The normalized spacial score (nSPS) is 13.3. The number of aromatic nitrogens is 2. The number of hydrogen-bond donors (Lipinski definition) is 11. The van der Waals surface area contributed by atoms with Crippen LogP contribution in [0, 0.1) is 31.1 Å². The van der Waals surface area contributed by atoms with Crippen molar-refractivity contribution in [1.29, 1.82) is 5.26 Å². The third-order valence-electron chi connectivity index (χ3n) is 22.5. The van der Waals surface area contributed by atoms with Gasteiger partial charge in [-0.3, -0.25) is 52.5 Å². The number of amides is 11. The van der Waals surface area contributed by atoms with Crippen molar-refractivity contribution in [2.45, 2.75) is 168 Å². The van der Waals surface area contributed by atoms with Crippen LogP contribution in [0.4, 0.5) is 39.8 Å². The molecule has 4 atom stereocenters. The topological polar surface area (TPSA) is 485 Å². The van der Waals surface area contributed by atoms with Gasteiger partial charge in [0.05, 0.1) is 117 Å². The molecule has 12 N–H and O–H groups in total. The number of nitrogens with one attached hydrogen (secondary N) is 8. The fraction of sp³-hybridized carbons (Fsp3) is 0.526. The Morgan fingerprint density at radius 1 is 0.650 bits per heavy atom. The molecule has 0 fully saturated rings. The first-order chi connectivity index (χ1) is 65.0. The zero-order chi connectivity index (χ0) is 101. The van der Waals surface area contributed by atoms with Crippen LogP contribution in [0.25, 0.3) is 11.3 Å². The highest BCUT2D eigenvalue weighted by atomic mass is 35.5. The average molecular weight is 1940 g/mol. The lowest BCUT2D eigenvalue weighted by molar-refractivity contribution is -0.947. The number of nitrogens with two attached hydrogens (primary N) is 1. The molecule has 2 aromatic heterocycles. The molecule has 750 valence electrons. The van der Waals surface area contributed by atoms with Crippen molar-refractivity contribution in [1.82, 2.24) is 56.2 Å². The molecule has 0 bridgehead atoms. The van der Waals surface area contributed by atoms with Crippen molar-refractivity contribution >= 4 is 100.0 Å². The maximum absolute atomic E-state index is 15.7. The lowest BCUT2D eigenvalue weighted by atomic mass is 9.90. The van der Waals surface area contributed by atoms with Gasteiger partial charge in [0, 0.05) is 148 Å². The molecule has 0 radical (unpaired) electrons. The van der Waals surface area contributed by atoms with E-state index in [2.05, 4.69) is 48.6 Å². The van der Waals surface area contributed by atoms with Gasteiger partial charge >= 0.3 is 30.2 Å². The fourth-order valence-electron chi connectivity index (χ4n) is 15.0. The van der Waals surface area contributed by atoms with Crippen LogP contribution in [0.15, 0.2) is 97.1 Å². The summed E-state index contributed by atoms with van der Waals surface area (Å²) in [5.41, 5.74) is 11.2. The summed E-state index contributed by atoms with van der Waals surface area (Å²) < 4.78 is 90.2. The van der Waals surface area contributed by atoms with Crippen LogP contribution < -0.4 is 53.2 Å². The molecule has 1 aliphatic rings. The highest BCUT2D eigenvalue weighted by Gasteiger charge is 2.46. The molecule has 0 spiro atoms. The minimum Gasteiger partial charge on any atom is -0.508 e. The zero-order valence-electron chi connectivity index (χ0n) is 79.8. The number of alkyl halides is 3. The number of fused-ring (bicyclic) bond motifs is 1. The molecule has 3 heterocycles. The number of carboxylic acid groups (broad SMARTS) is 1. The van der Waals surface area contributed by atoms with Gasteiger partial charge < -0.3 is 115 Å². The number of aliphatic carboxylic acids is 1. The molecule has 4 aromatic carbocycles. The number of nitriles is 1. The van der Waals surface area contributed by atoms with Crippen LogP contribution >= 0.6 is 11.6 Å². The summed E-state index contributed by atoms with van der Waals surface area (Å²) in [6.45, 7) is 14.0. The molecule has 7 rings (SSSR count). The minimum absolute atomic E-state index is 0.00771. The van der Waals surface area contributed by atoms with Crippen molar-refractivity contribution < 1.29 is 123 Å². The largest absolute Gasteiger partial charge is 0.508 e. The number of primary amides is 1. The van der Waals surface area contributed by atoms with E-state index in [9.17, 15) is 71.5 Å². The molecular weight excluding hydrogens is 1810 g/mol. The molecule has 0 aliphatic carbocycles. The van der Waals surface area contributed by atoms with Gasteiger partial charge in [-0.05, 0) is 157 Å². The number of benzene rings is 4. The summed E-state index contributed by atoms with van der Waals surface area (Å²) in [7, 11) is 8.32. The number of ether oxygens (including phenoxy) is 8. The number of urea groups is 1. The summed E-state index contributed by atoms with van der Waals surface area (Å²) >= 11 is 6.79. The number of aromatic hydroxyl groups is 1.